The highest BCUT2D eigenvalue weighted by atomic mass is 19.4. The van der Waals surface area contributed by atoms with Crippen LogP contribution in [0.25, 0.3) is 44.5 Å². The molecule has 3 aromatic heterocycles. The van der Waals surface area contributed by atoms with Crippen LogP contribution in [0.3, 0.4) is 0 Å². The number of rotatable bonds is 5. The van der Waals surface area contributed by atoms with E-state index in [1.807, 2.05) is 49.4 Å². The van der Waals surface area contributed by atoms with Gasteiger partial charge in [0.2, 0.25) is 0 Å². The first kappa shape index (κ1) is 23.3. The Morgan fingerprint density at radius 2 is 1.76 bits per heavy atom. The molecule has 0 bridgehead atoms. The first-order valence-electron chi connectivity index (χ1n) is 11.4. The zero-order valence-corrected chi connectivity index (χ0v) is 19.6. The van der Waals surface area contributed by atoms with Gasteiger partial charge in [0.15, 0.2) is 17.4 Å². The number of para-hydroxylation sites is 1. The first-order chi connectivity index (χ1) is 18.3. The predicted molar refractivity (Wildman–Crippen MR) is 136 cm³/mol. The smallest absolute Gasteiger partial charge is 0.404 e. The van der Waals surface area contributed by atoms with Gasteiger partial charge in [0.25, 0.3) is 5.56 Å². The molecule has 3 aromatic carbocycles. The van der Waals surface area contributed by atoms with Crippen molar-refractivity contribution in [3.05, 3.63) is 82.6 Å². The van der Waals surface area contributed by atoms with Crippen molar-refractivity contribution < 1.29 is 17.9 Å². The van der Waals surface area contributed by atoms with Gasteiger partial charge in [-0.05, 0) is 36.2 Å². The van der Waals surface area contributed by atoms with E-state index in [9.17, 15) is 18.0 Å². The fraction of sp³-hybridized carbons (Fsp3) is 0.0769. The van der Waals surface area contributed by atoms with Crippen molar-refractivity contribution >= 4 is 33.4 Å². The predicted octanol–water partition coefficient (Wildman–Crippen LogP) is 5.81. The van der Waals surface area contributed by atoms with Gasteiger partial charge < -0.3 is 10.1 Å². The summed E-state index contributed by atoms with van der Waals surface area (Å²) in [5.41, 5.74) is 2.27. The molecule has 9 nitrogen and oxygen atoms in total. The van der Waals surface area contributed by atoms with Gasteiger partial charge in [0.05, 0.1) is 22.3 Å². The lowest BCUT2D eigenvalue weighted by Crippen LogP contribution is -2.19. The number of anilines is 2. The van der Waals surface area contributed by atoms with E-state index in [-0.39, 0.29) is 22.3 Å². The summed E-state index contributed by atoms with van der Waals surface area (Å²) in [4.78, 5) is 21.5. The van der Waals surface area contributed by atoms with Crippen molar-refractivity contribution in [1.82, 2.24) is 30.4 Å². The van der Waals surface area contributed by atoms with Crippen molar-refractivity contribution in [3.63, 3.8) is 0 Å². The number of hydrogen-bond acceptors (Lipinski definition) is 6. The number of nitrogens with one attached hydrogen (secondary N) is 4. The average Bonchev–Trinajstić information content (AvgIpc) is 3.51. The van der Waals surface area contributed by atoms with E-state index in [1.54, 1.807) is 12.1 Å². The molecule has 0 aliphatic carbocycles. The van der Waals surface area contributed by atoms with Crippen LogP contribution in [-0.4, -0.2) is 36.7 Å². The molecule has 0 aliphatic heterocycles. The Balaban J connectivity index is 1.52. The van der Waals surface area contributed by atoms with Gasteiger partial charge in [-0.15, -0.1) is 13.2 Å². The summed E-state index contributed by atoms with van der Waals surface area (Å²) in [5.74, 6) is 0.0128. The number of hydrogen-bond donors (Lipinski definition) is 4. The minimum Gasteiger partial charge on any atom is -0.404 e. The summed E-state index contributed by atoms with van der Waals surface area (Å²) in [5, 5.41) is 15.6. The molecule has 0 unspecified atom stereocenters. The number of aromatic amines is 3. The molecule has 0 aliphatic rings. The number of nitrogens with zero attached hydrogens (tertiary/aromatic N) is 3. The quantitative estimate of drug-likeness (QED) is 0.229. The third-order valence-electron chi connectivity index (χ3n) is 5.99. The highest BCUT2D eigenvalue weighted by Gasteiger charge is 2.34. The minimum atomic E-state index is -5.05. The van der Waals surface area contributed by atoms with Crippen LogP contribution >= 0.6 is 0 Å². The van der Waals surface area contributed by atoms with E-state index < -0.39 is 17.7 Å². The number of halogens is 3. The summed E-state index contributed by atoms with van der Waals surface area (Å²) < 4.78 is 44.6. The molecule has 12 heteroatoms. The zero-order chi connectivity index (χ0) is 26.4. The van der Waals surface area contributed by atoms with Gasteiger partial charge in [-0.2, -0.15) is 5.10 Å². The molecule has 0 fully saturated rings. The summed E-state index contributed by atoms with van der Waals surface area (Å²) in [6.45, 7) is 1.83. The van der Waals surface area contributed by atoms with Crippen molar-refractivity contribution in [1.29, 1.82) is 0 Å². The zero-order valence-electron chi connectivity index (χ0n) is 19.6. The Kier molecular flexibility index (Phi) is 5.37. The topological polar surface area (TPSA) is 124 Å². The molecule has 0 saturated heterocycles. The Hall–Kier alpha value is -5.13. The molecule has 38 heavy (non-hydrogen) atoms. The Labute approximate surface area is 211 Å². The molecule has 0 atom stereocenters. The second-order valence-electron chi connectivity index (χ2n) is 8.52. The third-order valence-corrected chi connectivity index (χ3v) is 5.99. The maximum atomic E-state index is 13.4. The number of H-pyrrole nitrogens is 3. The van der Waals surface area contributed by atoms with Gasteiger partial charge in [-0.3, -0.25) is 20.1 Å². The summed E-state index contributed by atoms with van der Waals surface area (Å²) in [6, 6.07) is 19.7. The number of alkyl halides is 3. The lowest BCUT2D eigenvalue weighted by atomic mass is 10.1. The fourth-order valence-corrected chi connectivity index (χ4v) is 4.28. The Morgan fingerprint density at radius 3 is 2.55 bits per heavy atom. The van der Waals surface area contributed by atoms with Crippen LogP contribution < -0.4 is 15.6 Å². The van der Waals surface area contributed by atoms with Crippen LogP contribution in [0.1, 0.15) is 5.56 Å². The lowest BCUT2D eigenvalue weighted by Gasteiger charge is -2.15. The Bertz CT molecular complexity index is 1860. The van der Waals surface area contributed by atoms with Gasteiger partial charge >= 0.3 is 6.36 Å². The van der Waals surface area contributed by atoms with E-state index in [2.05, 4.69) is 40.4 Å². The number of benzene rings is 3. The maximum absolute atomic E-state index is 13.4. The number of aryl methyl sites for hydroxylation is 1. The van der Waals surface area contributed by atoms with Crippen molar-refractivity contribution in [3.8, 4) is 28.4 Å². The van der Waals surface area contributed by atoms with Gasteiger partial charge in [-0.25, -0.2) is 9.97 Å². The second-order valence-corrected chi connectivity index (χ2v) is 8.52. The van der Waals surface area contributed by atoms with Crippen LogP contribution in [0, 0.1) is 6.92 Å². The lowest BCUT2D eigenvalue weighted by molar-refractivity contribution is -0.273. The van der Waals surface area contributed by atoms with Crippen LogP contribution in [0.4, 0.5) is 24.8 Å². The van der Waals surface area contributed by atoms with E-state index >= 15 is 0 Å². The van der Waals surface area contributed by atoms with Crippen molar-refractivity contribution in [2.24, 2.45) is 0 Å². The molecule has 0 saturated carbocycles. The van der Waals surface area contributed by atoms with E-state index in [0.717, 1.165) is 16.8 Å². The second kappa shape index (κ2) is 8.76. The highest BCUT2D eigenvalue weighted by Crippen LogP contribution is 2.38. The molecule has 0 radical (unpaired) electrons. The number of ether oxygens (including phenoxy) is 1. The minimum absolute atomic E-state index is 0.0603. The maximum Gasteiger partial charge on any atom is 0.573 e. The molecular weight excluding hydrogens is 499 g/mol. The normalized spacial score (nSPS) is 11.8. The van der Waals surface area contributed by atoms with Gasteiger partial charge in [0.1, 0.15) is 11.2 Å². The van der Waals surface area contributed by atoms with E-state index in [1.165, 1.54) is 12.1 Å². The third kappa shape index (κ3) is 4.21. The number of aromatic nitrogens is 6. The van der Waals surface area contributed by atoms with Crippen LogP contribution in [-0.2, 0) is 0 Å². The van der Waals surface area contributed by atoms with Crippen LogP contribution in [0.5, 0.6) is 5.75 Å². The van der Waals surface area contributed by atoms with Crippen LogP contribution in [0.2, 0.25) is 0 Å². The van der Waals surface area contributed by atoms with E-state index in [4.69, 9.17) is 0 Å². The van der Waals surface area contributed by atoms with Crippen molar-refractivity contribution in [2.75, 3.05) is 5.32 Å². The summed E-state index contributed by atoms with van der Waals surface area (Å²) in [6.07, 6.45) is -5.05. The highest BCUT2D eigenvalue weighted by molar-refractivity contribution is 5.96. The number of fused-ring (bicyclic) bond motifs is 2. The van der Waals surface area contributed by atoms with Crippen molar-refractivity contribution in [2.45, 2.75) is 13.3 Å². The standard InChI is InChI=1S/C26H18F3N7O2/c1-13-6-5-9-15-21(13)31-24(16-10-11-17-20(25(37)36-33-17)22(16)38-26(27,28)29)32-23(15)30-19-12-18(34-35-19)14-7-3-2-4-8-14/h2-12H,1H3,(H2,33,36,37)(H2,30,31,32,34,35). The SMILES string of the molecule is Cc1cccc2c(Nc3cc(-c4ccccc4)[nH]n3)nc(-c3ccc4[nH][nH]c(=O)c4c3OC(F)(F)F)nc12. The molecule has 6 aromatic rings. The molecule has 190 valence electrons. The largest absolute Gasteiger partial charge is 0.573 e. The summed E-state index contributed by atoms with van der Waals surface area (Å²) in [7, 11) is 0. The molecule has 3 heterocycles. The van der Waals surface area contributed by atoms with Gasteiger partial charge in [0, 0.05) is 11.5 Å². The molecule has 4 N–H and O–H groups in total. The molecular formula is C26H18F3N7O2. The Morgan fingerprint density at radius 1 is 0.947 bits per heavy atom. The molecule has 6 rings (SSSR count). The molecule has 0 spiro atoms. The molecule has 0 amide bonds. The first-order valence-corrected chi connectivity index (χ1v) is 11.4. The van der Waals surface area contributed by atoms with Gasteiger partial charge in [-0.1, -0.05) is 42.5 Å². The summed E-state index contributed by atoms with van der Waals surface area (Å²) >= 11 is 0. The fourth-order valence-electron chi connectivity index (χ4n) is 4.28. The average molecular weight is 517 g/mol. The van der Waals surface area contributed by atoms with Crippen LogP contribution in [0.15, 0.2) is 71.5 Å². The monoisotopic (exact) mass is 517 g/mol. The van der Waals surface area contributed by atoms with E-state index in [0.29, 0.717) is 22.5 Å².